The van der Waals surface area contributed by atoms with Gasteiger partial charge in [-0.15, -0.1) is 0 Å². The average molecular weight is 170 g/mol. The van der Waals surface area contributed by atoms with Crippen LogP contribution in [0.3, 0.4) is 0 Å². The number of likely N-dealkylation sites (tertiary alicyclic amines) is 1. The van der Waals surface area contributed by atoms with Crippen molar-refractivity contribution < 1.29 is 4.79 Å². The van der Waals surface area contributed by atoms with Crippen LogP contribution in [0.25, 0.3) is 0 Å². The molecule has 2 atom stereocenters. The van der Waals surface area contributed by atoms with E-state index in [1.54, 1.807) is 6.92 Å². The number of nitrogens with zero attached hydrogens (tertiary/aromatic N) is 1. The molecule has 1 amide bonds. The molecular formula is C9H18N2O. The van der Waals surface area contributed by atoms with Gasteiger partial charge in [0, 0.05) is 13.1 Å². The lowest BCUT2D eigenvalue weighted by molar-refractivity contribution is -0.131. The quantitative estimate of drug-likeness (QED) is 0.659. The molecule has 12 heavy (non-hydrogen) atoms. The molecule has 0 aromatic heterocycles. The topological polar surface area (TPSA) is 46.3 Å². The lowest BCUT2D eigenvalue weighted by Crippen LogP contribution is -2.40. The maximum Gasteiger partial charge on any atom is 0.239 e. The molecule has 1 aliphatic heterocycles. The maximum atomic E-state index is 11.4. The molecule has 0 saturated carbocycles. The monoisotopic (exact) mass is 170 g/mol. The van der Waals surface area contributed by atoms with Crippen LogP contribution >= 0.6 is 0 Å². The highest BCUT2D eigenvalue weighted by Gasteiger charge is 2.26. The Labute approximate surface area is 73.9 Å². The second-order valence-corrected chi connectivity index (χ2v) is 3.64. The summed E-state index contributed by atoms with van der Waals surface area (Å²) in [5.41, 5.74) is 5.51. The van der Waals surface area contributed by atoms with Gasteiger partial charge >= 0.3 is 0 Å². The zero-order chi connectivity index (χ0) is 9.14. The molecule has 3 heteroatoms. The van der Waals surface area contributed by atoms with Gasteiger partial charge in [-0.25, -0.2) is 0 Å². The molecule has 0 spiro atoms. The Morgan fingerprint density at radius 1 is 1.75 bits per heavy atom. The van der Waals surface area contributed by atoms with Gasteiger partial charge in [0.15, 0.2) is 0 Å². The number of rotatable bonds is 2. The fourth-order valence-electron chi connectivity index (χ4n) is 1.65. The van der Waals surface area contributed by atoms with Crippen LogP contribution in [0.15, 0.2) is 0 Å². The summed E-state index contributed by atoms with van der Waals surface area (Å²) in [6, 6.07) is -0.333. The van der Waals surface area contributed by atoms with E-state index in [9.17, 15) is 4.79 Å². The number of amides is 1. The van der Waals surface area contributed by atoms with Crippen molar-refractivity contribution >= 4 is 5.91 Å². The van der Waals surface area contributed by atoms with Gasteiger partial charge in [-0.1, -0.05) is 13.3 Å². The third kappa shape index (κ3) is 1.97. The van der Waals surface area contributed by atoms with E-state index >= 15 is 0 Å². The first-order valence-electron chi connectivity index (χ1n) is 4.69. The molecule has 0 aromatic rings. The molecule has 1 fully saturated rings. The predicted molar refractivity (Wildman–Crippen MR) is 48.6 cm³/mol. The van der Waals surface area contributed by atoms with Crippen molar-refractivity contribution in [1.29, 1.82) is 0 Å². The number of carbonyl (C=O) groups is 1. The Balaban J connectivity index is 2.41. The van der Waals surface area contributed by atoms with Crippen molar-refractivity contribution in [3.8, 4) is 0 Å². The van der Waals surface area contributed by atoms with E-state index in [4.69, 9.17) is 5.73 Å². The van der Waals surface area contributed by atoms with E-state index in [1.807, 2.05) is 4.90 Å². The second-order valence-electron chi connectivity index (χ2n) is 3.64. The molecule has 1 unspecified atom stereocenters. The highest BCUT2D eigenvalue weighted by Crippen LogP contribution is 2.19. The van der Waals surface area contributed by atoms with Crippen LogP contribution in [0, 0.1) is 5.92 Å². The Kier molecular flexibility index (Phi) is 3.09. The number of hydrogen-bond acceptors (Lipinski definition) is 2. The van der Waals surface area contributed by atoms with Crippen LogP contribution in [0.1, 0.15) is 26.7 Å². The van der Waals surface area contributed by atoms with Crippen molar-refractivity contribution in [1.82, 2.24) is 4.90 Å². The predicted octanol–water partition coefficient (Wildman–Crippen LogP) is 0.592. The van der Waals surface area contributed by atoms with Crippen molar-refractivity contribution in [3.05, 3.63) is 0 Å². The highest BCUT2D eigenvalue weighted by molar-refractivity contribution is 5.81. The van der Waals surface area contributed by atoms with E-state index in [0.717, 1.165) is 19.5 Å². The van der Waals surface area contributed by atoms with Gasteiger partial charge in [0.2, 0.25) is 5.91 Å². The van der Waals surface area contributed by atoms with Gasteiger partial charge in [0.25, 0.3) is 0 Å². The molecule has 1 saturated heterocycles. The molecule has 0 bridgehead atoms. The SMILES string of the molecule is CCC1CCN(C(=O)[C@@H](C)N)C1. The minimum Gasteiger partial charge on any atom is -0.341 e. The summed E-state index contributed by atoms with van der Waals surface area (Å²) >= 11 is 0. The summed E-state index contributed by atoms with van der Waals surface area (Å²) in [5, 5.41) is 0. The first-order chi connectivity index (χ1) is 5.65. The summed E-state index contributed by atoms with van der Waals surface area (Å²) in [5.74, 6) is 0.804. The van der Waals surface area contributed by atoms with E-state index in [-0.39, 0.29) is 11.9 Å². The maximum absolute atomic E-state index is 11.4. The van der Waals surface area contributed by atoms with Crippen LogP contribution in [0.2, 0.25) is 0 Å². The van der Waals surface area contributed by atoms with Crippen LogP contribution < -0.4 is 5.73 Å². The number of carbonyl (C=O) groups excluding carboxylic acids is 1. The van der Waals surface area contributed by atoms with Gasteiger partial charge in [0.1, 0.15) is 0 Å². The lowest BCUT2D eigenvalue weighted by Gasteiger charge is -2.18. The second kappa shape index (κ2) is 3.90. The average Bonchev–Trinajstić information content (AvgIpc) is 2.50. The van der Waals surface area contributed by atoms with Crippen molar-refractivity contribution in [3.63, 3.8) is 0 Å². The van der Waals surface area contributed by atoms with Crippen molar-refractivity contribution in [2.75, 3.05) is 13.1 Å². The molecule has 0 aromatic carbocycles. The Bertz CT molecular complexity index is 168. The Morgan fingerprint density at radius 3 is 2.83 bits per heavy atom. The minimum absolute atomic E-state index is 0.103. The van der Waals surface area contributed by atoms with Gasteiger partial charge in [-0.3, -0.25) is 4.79 Å². The van der Waals surface area contributed by atoms with Gasteiger partial charge in [-0.2, -0.15) is 0 Å². The van der Waals surface area contributed by atoms with E-state index in [0.29, 0.717) is 5.92 Å². The zero-order valence-corrected chi connectivity index (χ0v) is 7.92. The van der Waals surface area contributed by atoms with Crippen LogP contribution in [-0.2, 0) is 4.79 Å². The minimum atomic E-state index is -0.333. The summed E-state index contributed by atoms with van der Waals surface area (Å²) in [7, 11) is 0. The third-order valence-electron chi connectivity index (χ3n) is 2.56. The summed E-state index contributed by atoms with van der Waals surface area (Å²) in [6.07, 6.45) is 2.32. The van der Waals surface area contributed by atoms with E-state index < -0.39 is 0 Å². The number of nitrogens with two attached hydrogens (primary N) is 1. The Morgan fingerprint density at radius 2 is 2.42 bits per heavy atom. The van der Waals surface area contributed by atoms with Crippen molar-refractivity contribution in [2.24, 2.45) is 11.7 Å². The van der Waals surface area contributed by atoms with Gasteiger partial charge in [0.05, 0.1) is 6.04 Å². The molecule has 3 nitrogen and oxygen atoms in total. The molecule has 0 radical (unpaired) electrons. The molecule has 0 aliphatic carbocycles. The van der Waals surface area contributed by atoms with Crippen molar-refractivity contribution in [2.45, 2.75) is 32.7 Å². The fourth-order valence-corrected chi connectivity index (χ4v) is 1.65. The van der Waals surface area contributed by atoms with Crippen LogP contribution in [0.4, 0.5) is 0 Å². The van der Waals surface area contributed by atoms with E-state index in [1.165, 1.54) is 6.42 Å². The standard InChI is InChI=1S/C9H18N2O/c1-3-8-4-5-11(6-8)9(12)7(2)10/h7-8H,3-6,10H2,1-2H3/t7-,8?/m1/s1. The highest BCUT2D eigenvalue weighted by atomic mass is 16.2. The zero-order valence-electron chi connectivity index (χ0n) is 7.92. The summed E-state index contributed by atoms with van der Waals surface area (Å²) in [6.45, 7) is 5.74. The Hall–Kier alpha value is -0.570. The lowest BCUT2D eigenvalue weighted by atomic mass is 10.1. The molecule has 1 aliphatic rings. The summed E-state index contributed by atoms with van der Waals surface area (Å²) in [4.78, 5) is 13.3. The van der Waals surface area contributed by atoms with Gasteiger partial charge < -0.3 is 10.6 Å². The smallest absolute Gasteiger partial charge is 0.239 e. The summed E-state index contributed by atoms with van der Waals surface area (Å²) < 4.78 is 0. The molecule has 2 N–H and O–H groups in total. The molecule has 70 valence electrons. The van der Waals surface area contributed by atoms with Crippen LogP contribution in [0.5, 0.6) is 0 Å². The fraction of sp³-hybridized carbons (Fsp3) is 0.889. The molecule has 1 rings (SSSR count). The largest absolute Gasteiger partial charge is 0.341 e. The van der Waals surface area contributed by atoms with E-state index in [2.05, 4.69) is 6.92 Å². The third-order valence-corrected chi connectivity index (χ3v) is 2.56. The number of hydrogen-bond donors (Lipinski definition) is 1. The normalized spacial score (nSPS) is 25.9. The molecular weight excluding hydrogens is 152 g/mol. The molecule has 1 heterocycles. The first-order valence-corrected chi connectivity index (χ1v) is 4.69. The first kappa shape index (κ1) is 9.52. The van der Waals surface area contributed by atoms with Gasteiger partial charge in [-0.05, 0) is 19.3 Å². The van der Waals surface area contributed by atoms with Crippen LogP contribution in [-0.4, -0.2) is 29.9 Å².